The van der Waals surface area contributed by atoms with Crippen molar-refractivity contribution in [3.05, 3.63) is 29.3 Å². The summed E-state index contributed by atoms with van der Waals surface area (Å²) in [6.45, 7) is 2.33. The summed E-state index contributed by atoms with van der Waals surface area (Å²) < 4.78 is 0. The molecule has 4 heteroatoms. The lowest BCUT2D eigenvalue weighted by molar-refractivity contribution is 0.194. The van der Waals surface area contributed by atoms with E-state index in [1.54, 1.807) is 0 Å². The lowest BCUT2D eigenvalue weighted by atomic mass is 10.1. The van der Waals surface area contributed by atoms with Crippen molar-refractivity contribution in [3.8, 4) is 0 Å². The highest BCUT2D eigenvalue weighted by Crippen LogP contribution is 2.19. The van der Waals surface area contributed by atoms with Crippen LogP contribution in [0.3, 0.4) is 0 Å². The largest absolute Gasteiger partial charge is 0.465 e. The van der Waals surface area contributed by atoms with E-state index in [-0.39, 0.29) is 0 Å². The van der Waals surface area contributed by atoms with E-state index in [4.69, 9.17) is 5.11 Å². The highest BCUT2D eigenvalue weighted by molar-refractivity contribution is 5.65. The Morgan fingerprint density at radius 1 is 1.47 bits per heavy atom. The van der Waals surface area contributed by atoms with E-state index in [1.807, 2.05) is 44.1 Å². The minimum Gasteiger partial charge on any atom is -0.465 e. The number of nitrogens with zero attached hydrogens (tertiary/aromatic N) is 1. The van der Waals surface area contributed by atoms with Crippen LogP contribution >= 0.6 is 0 Å². The van der Waals surface area contributed by atoms with Gasteiger partial charge in [-0.1, -0.05) is 17.7 Å². The van der Waals surface area contributed by atoms with Crippen LogP contribution < -0.4 is 10.2 Å². The maximum Gasteiger partial charge on any atom is 0.404 e. The smallest absolute Gasteiger partial charge is 0.404 e. The summed E-state index contributed by atoms with van der Waals surface area (Å²) in [6.07, 6.45) is -0.999. The average Bonchev–Trinajstić information content (AvgIpc) is 2.14. The fourth-order valence-electron chi connectivity index (χ4n) is 1.46. The number of hydrogen-bond donors (Lipinski definition) is 2. The molecule has 0 aromatic heterocycles. The molecule has 0 radical (unpaired) electrons. The van der Waals surface area contributed by atoms with Gasteiger partial charge in [-0.25, -0.2) is 4.79 Å². The first-order valence-corrected chi connectivity index (χ1v) is 4.74. The number of anilines is 1. The van der Waals surface area contributed by atoms with Crippen LogP contribution in [0.25, 0.3) is 0 Å². The van der Waals surface area contributed by atoms with Crippen LogP contribution in [0.15, 0.2) is 18.2 Å². The number of carboxylic acid groups (broad SMARTS) is 1. The zero-order valence-electron chi connectivity index (χ0n) is 9.24. The molecule has 0 bridgehead atoms. The van der Waals surface area contributed by atoms with E-state index in [2.05, 4.69) is 5.32 Å². The van der Waals surface area contributed by atoms with E-state index in [9.17, 15) is 4.79 Å². The first kappa shape index (κ1) is 11.4. The molecule has 0 spiro atoms. The number of hydrogen-bond acceptors (Lipinski definition) is 2. The Morgan fingerprint density at radius 2 is 2.13 bits per heavy atom. The van der Waals surface area contributed by atoms with Gasteiger partial charge in [0.2, 0.25) is 0 Å². The molecule has 0 aliphatic heterocycles. The Balaban J connectivity index is 2.91. The molecular formula is C11H16N2O2. The lowest BCUT2D eigenvalue weighted by Crippen LogP contribution is -2.22. The first-order chi connectivity index (χ1) is 7.00. The number of benzene rings is 1. The summed E-state index contributed by atoms with van der Waals surface area (Å²) in [4.78, 5) is 12.4. The molecule has 0 heterocycles. The fraction of sp³-hybridized carbons (Fsp3) is 0.364. The summed E-state index contributed by atoms with van der Waals surface area (Å²) in [6, 6.07) is 6.00. The molecule has 4 nitrogen and oxygen atoms in total. The second kappa shape index (κ2) is 4.68. The molecule has 82 valence electrons. The summed E-state index contributed by atoms with van der Waals surface area (Å²) in [5.41, 5.74) is 3.15. The third-order valence-electron chi connectivity index (χ3n) is 2.15. The summed E-state index contributed by atoms with van der Waals surface area (Å²) in [5, 5.41) is 10.9. The van der Waals surface area contributed by atoms with Crippen LogP contribution in [0.1, 0.15) is 11.1 Å². The van der Waals surface area contributed by atoms with Crippen molar-refractivity contribution in [2.45, 2.75) is 13.5 Å². The minimum atomic E-state index is -0.999. The maximum atomic E-state index is 10.4. The van der Waals surface area contributed by atoms with Crippen molar-refractivity contribution in [1.29, 1.82) is 0 Å². The van der Waals surface area contributed by atoms with Gasteiger partial charge in [-0.2, -0.15) is 0 Å². The molecule has 0 unspecified atom stereocenters. The Bertz CT molecular complexity index is 362. The lowest BCUT2D eigenvalue weighted by Gasteiger charge is -2.17. The molecule has 0 fully saturated rings. The van der Waals surface area contributed by atoms with Crippen LogP contribution in [0, 0.1) is 6.92 Å². The standard InChI is InChI=1S/C11H16N2O2/c1-8-4-5-10(13(2)3)9(6-8)7-12-11(14)15/h4-6,12H,7H2,1-3H3,(H,14,15). The molecule has 0 aliphatic carbocycles. The van der Waals surface area contributed by atoms with E-state index < -0.39 is 6.09 Å². The number of rotatable bonds is 3. The number of amides is 1. The second-order valence-electron chi connectivity index (χ2n) is 3.69. The van der Waals surface area contributed by atoms with Gasteiger partial charge in [0.25, 0.3) is 0 Å². The van der Waals surface area contributed by atoms with E-state index in [0.717, 1.165) is 16.8 Å². The van der Waals surface area contributed by atoms with E-state index >= 15 is 0 Å². The third kappa shape index (κ3) is 3.16. The molecule has 1 aromatic rings. The first-order valence-electron chi connectivity index (χ1n) is 4.74. The Kier molecular flexibility index (Phi) is 3.55. The molecule has 15 heavy (non-hydrogen) atoms. The molecule has 0 aliphatic rings. The zero-order valence-corrected chi connectivity index (χ0v) is 9.24. The monoisotopic (exact) mass is 208 g/mol. The van der Waals surface area contributed by atoms with Crippen LogP contribution in [-0.2, 0) is 6.54 Å². The van der Waals surface area contributed by atoms with Gasteiger partial charge in [0.1, 0.15) is 0 Å². The molecule has 1 amide bonds. The summed E-state index contributed by atoms with van der Waals surface area (Å²) in [7, 11) is 3.88. The third-order valence-corrected chi connectivity index (χ3v) is 2.15. The van der Waals surface area contributed by atoms with E-state index in [1.165, 1.54) is 0 Å². The molecule has 0 saturated heterocycles. The molecular weight excluding hydrogens is 192 g/mol. The van der Waals surface area contributed by atoms with Crippen molar-refractivity contribution in [3.63, 3.8) is 0 Å². The Hall–Kier alpha value is -1.71. The molecule has 1 aromatic carbocycles. The van der Waals surface area contributed by atoms with Gasteiger partial charge in [0, 0.05) is 26.3 Å². The van der Waals surface area contributed by atoms with Gasteiger partial charge < -0.3 is 15.3 Å². The highest BCUT2D eigenvalue weighted by atomic mass is 16.4. The quantitative estimate of drug-likeness (QED) is 0.796. The predicted molar refractivity (Wildman–Crippen MR) is 60.4 cm³/mol. The molecule has 1 rings (SSSR count). The van der Waals surface area contributed by atoms with Crippen molar-refractivity contribution < 1.29 is 9.90 Å². The van der Waals surface area contributed by atoms with Gasteiger partial charge in [-0.15, -0.1) is 0 Å². The molecule has 0 atom stereocenters. The number of nitrogens with one attached hydrogen (secondary N) is 1. The van der Waals surface area contributed by atoms with Gasteiger partial charge in [0.05, 0.1) is 0 Å². The van der Waals surface area contributed by atoms with Gasteiger partial charge in [0.15, 0.2) is 0 Å². The van der Waals surface area contributed by atoms with Gasteiger partial charge >= 0.3 is 6.09 Å². The average molecular weight is 208 g/mol. The van der Waals surface area contributed by atoms with Crippen molar-refractivity contribution >= 4 is 11.8 Å². The summed E-state index contributed by atoms with van der Waals surface area (Å²) in [5.74, 6) is 0. The van der Waals surface area contributed by atoms with Crippen LogP contribution in [0.2, 0.25) is 0 Å². The Morgan fingerprint density at radius 3 is 2.67 bits per heavy atom. The number of aryl methyl sites for hydroxylation is 1. The summed E-state index contributed by atoms with van der Waals surface area (Å²) >= 11 is 0. The van der Waals surface area contributed by atoms with Crippen LogP contribution in [0.4, 0.5) is 10.5 Å². The van der Waals surface area contributed by atoms with Gasteiger partial charge in [-0.3, -0.25) is 0 Å². The normalized spacial score (nSPS) is 9.80. The van der Waals surface area contributed by atoms with Crippen molar-refractivity contribution in [2.75, 3.05) is 19.0 Å². The number of carbonyl (C=O) groups is 1. The van der Waals surface area contributed by atoms with Crippen LogP contribution in [0.5, 0.6) is 0 Å². The highest BCUT2D eigenvalue weighted by Gasteiger charge is 2.05. The minimum absolute atomic E-state index is 0.338. The SMILES string of the molecule is Cc1ccc(N(C)C)c(CNC(=O)O)c1. The maximum absolute atomic E-state index is 10.4. The second-order valence-corrected chi connectivity index (χ2v) is 3.69. The zero-order chi connectivity index (χ0) is 11.4. The Labute approximate surface area is 89.5 Å². The van der Waals surface area contributed by atoms with Crippen LogP contribution in [-0.4, -0.2) is 25.3 Å². The molecule has 0 saturated carbocycles. The van der Waals surface area contributed by atoms with Gasteiger partial charge in [-0.05, 0) is 18.6 Å². The topological polar surface area (TPSA) is 52.6 Å². The van der Waals surface area contributed by atoms with Crippen molar-refractivity contribution in [1.82, 2.24) is 5.32 Å². The molecule has 2 N–H and O–H groups in total. The van der Waals surface area contributed by atoms with Crippen molar-refractivity contribution in [2.24, 2.45) is 0 Å². The fourth-order valence-corrected chi connectivity index (χ4v) is 1.46. The van der Waals surface area contributed by atoms with E-state index in [0.29, 0.717) is 6.54 Å². The predicted octanol–water partition coefficient (Wildman–Crippen LogP) is 1.83.